The van der Waals surface area contributed by atoms with Gasteiger partial charge in [-0.15, -0.1) is 0 Å². The van der Waals surface area contributed by atoms with Crippen molar-refractivity contribution in [2.24, 2.45) is 0 Å². The van der Waals surface area contributed by atoms with Crippen LogP contribution in [0.1, 0.15) is 31.9 Å². The summed E-state index contributed by atoms with van der Waals surface area (Å²) >= 11 is 0. The lowest BCUT2D eigenvalue weighted by Gasteiger charge is -2.21. The maximum Gasteiger partial charge on any atom is 0.130 e. The van der Waals surface area contributed by atoms with Crippen LogP contribution in [0.15, 0.2) is 30.5 Å². The zero-order chi connectivity index (χ0) is 10.2. The first-order chi connectivity index (χ1) is 6.57. The number of hydrogen-bond donors (Lipinski definition) is 0. The first-order valence-electron chi connectivity index (χ1n) is 5.02. The van der Waals surface area contributed by atoms with Crippen molar-refractivity contribution in [1.29, 1.82) is 0 Å². The van der Waals surface area contributed by atoms with E-state index in [1.54, 1.807) is 6.26 Å². The van der Waals surface area contributed by atoms with Crippen LogP contribution >= 0.6 is 0 Å². The fraction of sp³-hybridized carbons (Fsp3) is 0.385. The smallest absolute Gasteiger partial charge is 0.130 e. The van der Waals surface area contributed by atoms with Gasteiger partial charge in [0.1, 0.15) is 5.75 Å². The highest BCUT2D eigenvalue weighted by atomic mass is 16.5. The summed E-state index contributed by atoms with van der Waals surface area (Å²) in [4.78, 5) is 0. The van der Waals surface area contributed by atoms with E-state index in [-0.39, 0.29) is 5.41 Å². The Balaban J connectivity index is 2.41. The molecule has 0 saturated heterocycles. The highest BCUT2D eigenvalue weighted by molar-refractivity contribution is 5.42. The quantitative estimate of drug-likeness (QED) is 0.606. The van der Waals surface area contributed by atoms with Crippen LogP contribution in [-0.2, 0) is 11.8 Å². The normalized spacial score (nSPS) is 14.8. The maximum absolute atomic E-state index is 5.41. The first-order valence-corrected chi connectivity index (χ1v) is 5.02. The molecule has 1 heteroatoms. The fourth-order valence-corrected chi connectivity index (χ4v) is 1.62. The number of rotatable bonds is 0. The average molecular weight is 188 g/mol. The van der Waals surface area contributed by atoms with Crippen LogP contribution in [0.4, 0.5) is 0 Å². The summed E-state index contributed by atoms with van der Waals surface area (Å²) in [7, 11) is 0. The zero-order valence-electron chi connectivity index (χ0n) is 9.00. The molecule has 1 aliphatic rings. The van der Waals surface area contributed by atoms with Gasteiger partial charge in [0, 0.05) is 0 Å². The minimum Gasteiger partial charge on any atom is -0.465 e. The number of allylic oxidation sites excluding steroid dienone is 1. The molecule has 0 spiro atoms. The molecular weight excluding hydrogens is 172 g/mol. The number of hydrogen-bond acceptors (Lipinski definition) is 1. The first kappa shape index (κ1) is 9.32. The number of benzene rings is 1. The molecule has 1 nitrogen and oxygen atoms in total. The molecule has 1 aliphatic heterocycles. The number of fused-ring (bicyclic) bond motifs is 1. The van der Waals surface area contributed by atoms with E-state index in [2.05, 4.69) is 45.0 Å². The predicted molar refractivity (Wildman–Crippen MR) is 58.6 cm³/mol. The van der Waals surface area contributed by atoms with Crippen molar-refractivity contribution in [3.05, 3.63) is 41.7 Å². The third kappa shape index (κ3) is 1.67. The molecule has 2 rings (SSSR count). The molecule has 0 amide bonds. The highest BCUT2D eigenvalue weighted by Gasteiger charge is 2.16. The van der Waals surface area contributed by atoms with Crippen LogP contribution in [0.2, 0.25) is 0 Å². The average Bonchev–Trinajstić information content (AvgIpc) is 2.16. The minimum atomic E-state index is 0.218. The van der Waals surface area contributed by atoms with Gasteiger partial charge in [0.2, 0.25) is 0 Å². The monoisotopic (exact) mass is 188 g/mol. The highest BCUT2D eigenvalue weighted by Crippen LogP contribution is 2.29. The van der Waals surface area contributed by atoms with Crippen molar-refractivity contribution >= 4 is 0 Å². The Morgan fingerprint density at radius 3 is 2.71 bits per heavy atom. The van der Waals surface area contributed by atoms with Gasteiger partial charge >= 0.3 is 0 Å². The Kier molecular flexibility index (Phi) is 2.10. The molecule has 1 aromatic carbocycles. The number of ether oxygens (including phenoxy) is 1. The lowest BCUT2D eigenvalue weighted by molar-refractivity contribution is 0.463. The Morgan fingerprint density at radius 1 is 1.21 bits per heavy atom. The molecule has 0 aliphatic carbocycles. The minimum absolute atomic E-state index is 0.218. The molecule has 0 saturated carbocycles. The fourth-order valence-electron chi connectivity index (χ4n) is 1.62. The van der Waals surface area contributed by atoms with Crippen molar-refractivity contribution in [2.75, 3.05) is 0 Å². The molecule has 0 N–H and O–H groups in total. The van der Waals surface area contributed by atoms with E-state index in [4.69, 9.17) is 4.74 Å². The van der Waals surface area contributed by atoms with Gasteiger partial charge in [0.05, 0.1) is 6.26 Å². The van der Waals surface area contributed by atoms with Crippen molar-refractivity contribution in [3.63, 3.8) is 0 Å². The summed E-state index contributed by atoms with van der Waals surface area (Å²) in [6.45, 7) is 6.69. The lowest BCUT2D eigenvalue weighted by Crippen LogP contribution is -2.12. The van der Waals surface area contributed by atoms with Gasteiger partial charge in [0.15, 0.2) is 0 Å². The topological polar surface area (TPSA) is 9.23 Å². The Hall–Kier alpha value is -1.24. The molecule has 0 radical (unpaired) electrons. The van der Waals surface area contributed by atoms with E-state index in [1.165, 1.54) is 11.1 Å². The molecule has 74 valence electrons. The van der Waals surface area contributed by atoms with Crippen molar-refractivity contribution < 1.29 is 4.74 Å². The molecule has 0 fully saturated rings. The van der Waals surface area contributed by atoms with Gasteiger partial charge in [0.25, 0.3) is 0 Å². The lowest BCUT2D eigenvalue weighted by atomic mass is 9.85. The standard InChI is InChI=1S/C13H16O/c1-13(2,3)11-6-7-12-10(9-11)5-4-8-14-12/h4,6-9H,5H2,1-3H3. The van der Waals surface area contributed by atoms with E-state index < -0.39 is 0 Å². The van der Waals surface area contributed by atoms with Crippen LogP contribution in [-0.4, -0.2) is 0 Å². The van der Waals surface area contributed by atoms with Gasteiger partial charge < -0.3 is 4.74 Å². The Labute approximate surface area is 85.4 Å². The second kappa shape index (κ2) is 3.16. The van der Waals surface area contributed by atoms with Crippen LogP contribution in [0.25, 0.3) is 0 Å². The van der Waals surface area contributed by atoms with Crippen LogP contribution in [0.5, 0.6) is 5.75 Å². The van der Waals surface area contributed by atoms with Crippen molar-refractivity contribution in [3.8, 4) is 5.75 Å². The summed E-state index contributed by atoms with van der Waals surface area (Å²) < 4.78 is 5.41. The van der Waals surface area contributed by atoms with E-state index in [1.807, 2.05) is 0 Å². The van der Waals surface area contributed by atoms with E-state index in [0.29, 0.717) is 0 Å². The van der Waals surface area contributed by atoms with E-state index in [9.17, 15) is 0 Å². The van der Waals surface area contributed by atoms with E-state index in [0.717, 1.165) is 12.2 Å². The maximum atomic E-state index is 5.41. The van der Waals surface area contributed by atoms with Crippen LogP contribution < -0.4 is 4.74 Å². The van der Waals surface area contributed by atoms with Crippen LogP contribution in [0, 0.1) is 0 Å². The molecule has 0 bridgehead atoms. The van der Waals surface area contributed by atoms with Crippen molar-refractivity contribution in [1.82, 2.24) is 0 Å². The zero-order valence-corrected chi connectivity index (χ0v) is 9.00. The van der Waals surface area contributed by atoms with Crippen LogP contribution in [0.3, 0.4) is 0 Å². The molecule has 0 aromatic heterocycles. The SMILES string of the molecule is CC(C)(C)c1ccc2c(c1)CC=CO2. The van der Waals surface area contributed by atoms with Gasteiger partial charge in [-0.2, -0.15) is 0 Å². The van der Waals surface area contributed by atoms with Gasteiger partial charge in [-0.25, -0.2) is 0 Å². The second-order valence-electron chi connectivity index (χ2n) is 4.77. The Bertz CT molecular complexity index is 369. The second-order valence-corrected chi connectivity index (χ2v) is 4.77. The predicted octanol–water partition coefficient (Wildman–Crippen LogP) is 3.43. The van der Waals surface area contributed by atoms with Crippen molar-refractivity contribution in [2.45, 2.75) is 32.6 Å². The van der Waals surface area contributed by atoms with Gasteiger partial charge in [-0.3, -0.25) is 0 Å². The van der Waals surface area contributed by atoms with Gasteiger partial charge in [-0.1, -0.05) is 32.9 Å². The Morgan fingerprint density at radius 2 is 2.00 bits per heavy atom. The van der Waals surface area contributed by atoms with E-state index >= 15 is 0 Å². The molecule has 14 heavy (non-hydrogen) atoms. The third-order valence-corrected chi connectivity index (χ3v) is 2.56. The summed E-state index contributed by atoms with van der Waals surface area (Å²) in [5.74, 6) is 1.00. The van der Waals surface area contributed by atoms with Gasteiger partial charge in [-0.05, 0) is 35.1 Å². The molecule has 1 aromatic rings. The largest absolute Gasteiger partial charge is 0.465 e. The summed E-state index contributed by atoms with van der Waals surface area (Å²) in [6.07, 6.45) is 4.80. The molecule has 1 heterocycles. The molecule has 0 unspecified atom stereocenters. The summed E-state index contributed by atoms with van der Waals surface area (Å²) in [6, 6.07) is 6.47. The molecular formula is C13H16O. The summed E-state index contributed by atoms with van der Waals surface area (Å²) in [5.41, 5.74) is 2.88. The summed E-state index contributed by atoms with van der Waals surface area (Å²) in [5, 5.41) is 0. The third-order valence-electron chi connectivity index (χ3n) is 2.56. The molecule has 0 atom stereocenters.